The van der Waals surface area contributed by atoms with Crippen molar-refractivity contribution >= 4 is 17.4 Å². The quantitative estimate of drug-likeness (QED) is 0.544. The van der Waals surface area contributed by atoms with Crippen LogP contribution < -0.4 is 0 Å². The van der Waals surface area contributed by atoms with Gasteiger partial charge in [-0.05, 0) is 26.0 Å². The second kappa shape index (κ2) is 4.33. The zero-order valence-corrected chi connectivity index (χ0v) is 6.27. The molecule has 0 saturated heterocycles. The minimum Gasteiger partial charge on any atom is -0.290 e. The van der Waals surface area contributed by atoms with E-state index in [1.54, 1.807) is 19.9 Å². The van der Waals surface area contributed by atoms with Crippen molar-refractivity contribution < 1.29 is 4.79 Å². The van der Waals surface area contributed by atoms with Gasteiger partial charge in [-0.3, -0.25) is 4.79 Å². The third kappa shape index (κ3) is 5.31. The van der Waals surface area contributed by atoms with Crippen LogP contribution in [0.3, 0.4) is 0 Å². The van der Waals surface area contributed by atoms with E-state index in [1.165, 1.54) is 12.2 Å². The Morgan fingerprint density at radius 1 is 1.56 bits per heavy atom. The van der Waals surface area contributed by atoms with Crippen LogP contribution >= 0.6 is 11.6 Å². The highest BCUT2D eigenvalue weighted by molar-refractivity contribution is 6.31. The fraction of sp³-hybridized carbons (Fsp3) is 0.286. The fourth-order valence-corrected chi connectivity index (χ4v) is 0.516. The Morgan fingerprint density at radius 2 is 2.11 bits per heavy atom. The summed E-state index contributed by atoms with van der Waals surface area (Å²) in [6.45, 7) is 3.46. The van der Waals surface area contributed by atoms with Gasteiger partial charge in [0.2, 0.25) is 0 Å². The molecule has 0 heterocycles. The molecule has 0 bridgehead atoms. The van der Waals surface area contributed by atoms with E-state index in [-0.39, 0.29) is 5.78 Å². The molecule has 0 spiro atoms. The SMILES string of the molecule is CC=CC(=O)C=C(C)Cl. The fourth-order valence-electron chi connectivity index (χ4n) is 0.408. The largest absolute Gasteiger partial charge is 0.290 e. The number of carbonyl (C=O) groups is 1. The van der Waals surface area contributed by atoms with Crippen molar-refractivity contribution in [3.8, 4) is 0 Å². The molecule has 0 amide bonds. The van der Waals surface area contributed by atoms with Crippen molar-refractivity contribution in [3.63, 3.8) is 0 Å². The lowest BCUT2D eigenvalue weighted by Crippen LogP contribution is -1.83. The molecule has 0 unspecified atom stereocenters. The number of halogens is 1. The van der Waals surface area contributed by atoms with Crippen LogP contribution in [0.4, 0.5) is 0 Å². The van der Waals surface area contributed by atoms with Gasteiger partial charge in [0, 0.05) is 5.03 Å². The first-order valence-electron chi connectivity index (χ1n) is 2.67. The summed E-state index contributed by atoms with van der Waals surface area (Å²) in [5.41, 5.74) is 0. The molecule has 0 saturated carbocycles. The molecule has 0 aliphatic rings. The molecular weight excluding hydrogens is 136 g/mol. The van der Waals surface area contributed by atoms with E-state index in [2.05, 4.69) is 0 Å². The Labute approximate surface area is 60.0 Å². The van der Waals surface area contributed by atoms with Crippen LogP contribution in [-0.4, -0.2) is 5.78 Å². The maximum absolute atomic E-state index is 10.6. The monoisotopic (exact) mass is 144 g/mol. The first-order chi connectivity index (χ1) is 4.16. The lowest BCUT2D eigenvalue weighted by molar-refractivity contribution is -0.110. The Morgan fingerprint density at radius 3 is 2.44 bits per heavy atom. The van der Waals surface area contributed by atoms with Gasteiger partial charge in [0.05, 0.1) is 0 Å². The van der Waals surface area contributed by atoms with Crippen LogP contribution in [0.2, 0.25) is 0 Å². The van der Waals surface area contributed by atoms with Crippen molar-refractivity contribution in [2.45, 2.75) is 13.8 Å². The highest BCUT2D eigenvalue weighted by Gasteiger charge is 1.87. The molecule has 1 nitrogen and oxygen atoms in total. The molecule has 0 aromatic rings. The lowest BCUT2D eigenvalue weighted by Gasteiger charge is -1.81. The highest BCUT2D eigenvalue weighted by atomic mass is 35.5. The Balaban J connectivity index is 3.93. The summed E-state index contributed by atoms with van der Waals surface area (Å²) in [7, 11) is 0. The predicted molar refractivity (Wildman–Crippen MR) is 39.4 cm³/mol. The zero-order valence-electron chi connectivity index (χ0n) is 5.52. The number of hydrogen-bond donors (Lipinski definition) is 0. The number of hydrogen-bond acceptors (Lipinski definition) is 1. The van der Waals surface area contributed by atoms with E-state index in [9.17, 15) is 4.79 Å². The third-order valence-electron chi connectivity index (χ3n) is 0.672. The Bertz CT molecular complexity index is 152. The minimum atomic E-state index is -0.0648. The molecule has 0 aromatic carbocycles. The van der Waals surface area contributed by atoms with E-state index in [4.69, 9.17) is 11.6 Å². The standard InChI is InChI=1S/C7H9ClO/c1-3-4-7(9)5-6(2)8/h3-5H,1-2H3. The van der Waals surface area contributed by atoms with Crippen molar-refractivity contribution in [2.24, 2.45) is 0 Å². The van der Waals surface area contributed by atoms with E-state index in [0.717, 1.165) is 0 Å². The summed E-state index contributed by atoms with van der Waals surface area (Å²) in [6.07, 6.45) is 4.52. The topological polar surface area (TPSA) is 17.1 Å². The van der Waals surface area contributed by atoms with Crippen LogP contribution in [0.5, 0.6) is 0 Å². The van der Waals surface area contributed by atoms with Gasteiger partial charge in [0.1, 0.15) is 0 Å². The van der Waals surface area contributed by atoms with Gasteiger partial charge >= 0.3 is 0 Å². The molecule has 0 aliphatic heterocycles. The molecule has 0 fully saturated rings. The molecular formula is C7H9ClO. The summed E-state index contributed by atoms with van der Waals surface area (Å²) in [6, 6.07) is 0. The van der Waals surface area contributed by atoms with Crippen LogP contribution in [0, 0.1) is 0 Å². The number of allylic oxidation sites excluding steroid dienone is 4. The molecule has 0 aliphatic carbocycles. The van der Waals surface area contributed by atoms with Gasteiger partial charge in [-0.2, -0.15) is 0 Å². The summed E-state index contributed by atoms with van der Waals surface area (Å²) >= 11 is 5.41. The molecule has 9 heavy (non-hydrogen) atoms. The average molecular weight is 145 g/mol. The maximum Gasteiger partial charge on any atom is 0.179 e. The molecule has 0 N–H and O–H groups in total. The Kier molecular flexibility index (Phi) is 4.06. The van der Waals surface area contributed by atoms with Gasteiger partial charge in [0.15, 0.2) is 5.78 Å². The van der Waals surface area contributed by atoms with Crippen molar-refractivity contribution in [3.05, 3.63) is 23.3 Å². The zero-order chi connectivity index (χ0) is 7.28. The Hall–Kier alpha value is -0.560. The van der Waals surface area contributed by atoms with E-state index >= 15 is 0 Å². The number of rotatable bonds is 2. The van der Waals surface area contributed by atoms with E-state index in [0.29, 0.717) is 5.03 Å². The highest BCUT2D eigenvalue weighted by Crippen LogP contribution is 1.97. The molecule has 2 heteroatoms. The van der Waals surface area contributed by atoms with Crippen LogP contribution in [0.25, 0.3) is 0 Å². The summed E-state index contributed by atoms with van der Waals surface area (Å²) in [4.78, 5) is 10.6. The summed E-state index contributed by atoms with van der Waals surface area (Å²) in [5, 5.41) is 0.512. The minimum absolute atomic E-state index is 0.0648. The van der Waals surface area contributed by atoms with Crippen molar-refractivity contribution in [1.82, 2.24) is 0 Å². The van der Waals surface area contributed by atoms with Gasteiger partial charge < -0.3 is 0 Å². The normalized spacial score (nSPS) is 12.6. The van der Waals surface area contributed by atoms with Crippen molar-refractivity contribution in [2.75, 3.05) is 0 Å². The van der Waals surface area contributed by atoms with E-state index < -0.39 is 0 Å². The van der Waals surface area contributed by atoms with Gasteiger partial charge in [-0.15, -0.1) is 0 Å². The first-order valence-corrected chi connectivity index (χ1v) is 3.05. The van der Waals surface area contributed by atoms with Crippen LogP contribution in [0.15, 0.2) is 23.3 Å². The second-order valence-electron chi connectivity index (χ2n) is 1.63. The van der Waals surface area contributed by atoms with Gasteiger partial charge in [0.25, 0.3) is 0 Å². The molecule has 50 valence electrons. The molecule has 0 atom stereocenters. The molecule has 0 rings (SSSR count). The average Bonchev–Trinajstić information content (AvgIpc) is 1.63. The molecule has 0 aromatic heterocycles. The predicted octanol–water partition coefficient (Wildman–Crippen LogP) is 2.27. The van der Waals surface area contributed by atoms with Crippen LogP contribution in [-0.2, 0) is 4.79 Å². The molecule has 0 radical (unpaired) electrons. The first kappa shape index (κ1) is 8.44. The smallest absolute Gasteiger partial charge is 0.179 e. The summed E-state index contributed by atoms with van der Waals surface area (Å²) in [5.74, 6) is -0.0648. The van der Waals surface area contributed by atoms with E-state index in [1.807, 2.05) is 0 Å². The third-order valence-corrected chi connectivity index (χ3v) is 0.781. The van der Waals surface area contributed by atoms with Crippen LogP contribution in [0.1, 0.15) is 13.8 Å². The van der Waals surface area contributed by atoms with Gasteiger partial charge in [-0.1, -0.05) is 17.7 Å². The maximum atomic E-state index is 10.6. The second-order valence-corrected chi connectivity index (χ2v) is 2.23. The number of carbonyl (C=O) groups excluding carboxylic acids is 1. The van der Waals surface area contributed by atoms with Crippen molar-refractivity contribution in [1.29, 1.82) is 0 Å². The summed E-state index contributed by atoms with van der Waals surface area (Å²) < 4.78 is 0. The lowest BCUT2D eigenvalue weighted by atomic mass is 10.3. The van der Waals surface area contributed by atoms with Gasteiger partial charge in [-0.25, -0.2) is 0 Å². The number of ketones is 1.